The average Bonchev–Trinajstić information content (AvgIpc) is 2.68. The Morgan fingerprint density at radius 2 is 1.08 bits per heavy atom. The van der Waals surface area contributed by atoms with Crippen molar-refractivity contribution in [1.29, 1.82) is 0 Å². The third-order valence-corrected chi connectivity index (χ3v) is 6.09. The zero-order valence-electron chi connectivity index (χ0n) is 13.5. The van der Waals surface area contributed by atoms with E-state index in [9.17, 15) is 10.2 Å². The summed E-state index contributed by atoms with van der Waals surface area (Å²) in [5, 5.41) is 23.6. The number of fused-ring (bicyclic) bond motifs is 2. The maximum atomic E-state index is 10.8. The van der Waals surface area contributed by atoms with Crippen LogP contribution >= 0.6 is 31.9 Å². The Hall–Kier alpha value is -1.86. The zero-order valence-corrected chi connectivity index (χ0v) is 16.6. The summed E-state index contributed by atoms with van der Waals surface area (Å²) in [5.41, 5.74) is 2.65. The summed E-state index contributed by atoms with van der Waals surface area (Å²) in [6.45, 7) is 0. The van der Waals surface area contributed by atoms with Gasteiger partial charge in [-0.05, 0) is 55.1 Å². The van der Waals surface area contributed by atoms with Crippen molar-refractivity contribution in [3.05, 3.63) is 81.0 Å². The highest BCUT2D eigenvalue weighted by atomic mass is 79.9. The molecule has 0 radical (unpaired) electrons. The number of hydrogen-bond acceptors (Lipinski definition) is 4. The fourth-order valence-corrected chi connectivity index (χ4v) is 4.44. The minimum Gasteiger partial charge on any atom is -0.385 e. The lowest BCUT2D eigenvalue weighted by atomic mass is 9.96. The number of aliphatic hydroxyl groups excluding tert-OH is 2. The molecule has 0 aliphatic carbocycles. The second-order valence-corrected chi connectivity index (χ2v) is 7.56. The molecule has 2 heterocycles. The van der Waals surface area contributed by atoms with Crippen LogP contribution < -0.4 is 0 Å². The van der Waals surface area contributed by atoms with Crippen LogP contribution in [0.5, 0.6) is 0 Å². The fourth-order valence-electron chi connectivity index (χ4n) is 3.05. The molecule has 0 bridgehead atoms. The molecule has 26 heavy (non-hydrogen) atoms. The van der Waals surface area contributed by atoms with E-state index in [1.165, 1.54) is 0 Å². The van der Waals surface area contributed by atoms with Gasteiger partial charge in [0.25, 0.3) is 0 Å². The van der Waals surface area contributed by atoms with E-state index in [1.807, 2.05) is 36.4 Å². The normalized spacial score (nSPS) is 13.8. The predicted octanol–water partition coefficient (Wildman–Crippen LogP) is 5.08. The highest BCUT2D eigenvalue weighted by Gasteiger charge is 2.26. The first-order chi connectivity index (χ1) is 12.6. The lowest BCUT2D eigenvalue weighted by Gasteiger charge is -2.21. The number of halogens is 2. The van der Waals surface area contributed by atoms with Gasteiger partial charge < -0.3 is 10.2 Å². The molecule has 0 saturated heterocycles. The van der Waals surface area contributed by atoms with Gasteiger partial charge in [0.05, 0.1) is 11.0 Å². The van der Waals surface area contributed by atoms with Crippen LogP contribution in [0.3, 0.4) is 0 Å². The monoisotopic (exact) mass is 472 g/mol. The number of nitrogens with zero attached hydrogens (tertiary/aromatic N) is 2. The number of rotatable bonds is 3. The van der Waals surface area contributed by atoms with Gasteiger partial charge in [0.1, 0.15) is 12.2 Å². The maximum absolute atomic E-state index is 10.8. The first-order valence-corrected chi connectivity index (χ1v) is 9.59. The van der Waals surface area contributed by atoms with Crippen molar-refractivity contribution in [2.75, 3.05) is 0 Å². The second kappa shape index (κ2) is 7.04. The number of aromatic nitrogens is 2. The Labute approximate surface area is 166 Å². The topological polar surface area (TPSA) is 66.2 Å². The summed E-state index contributed by atoms with van der Waals surface area (Å²) in [6, 6.07) is 15.0. The summed E-state index contributed by atoms with van der Waals surface area (Å²) in [6.07, 6.45) is 1.16. The maximum Gasteiger partial charge on any atom is 0.110 e. The SMILES string of the molecule is O[C@H](c1ccc2cccnc2c1Br)[C@H](O)c1ccc2cccnc2c1Br. The van der Waals surface area contributed by atoms with Gasteiger partial charge in [0, 0.05) is 32.1 Å². The molecule has 0 spiro atoms. The van der Waals surface area contributed by atoms with Crippen LogP contribution in [-0.4, -0.2) is 20.2 Å². The molecular formula is C20H14Br2N2O2. The van der Waals surface area contributed by atoms with E-state index in [4.69, 9.17) is 0 Å². The van der Waals surface area contributed by atoms with Gasteiger partial charge in [-0.25, -0.2) is 0 Å². The molecule has 0 saturated carbocycles. The van der Waals surface area contributed by atoms with Crippen molar-refractivity contribution >= 4 is 53.7 Å². The van der Waals surface area contributed by atoms with Crippen LogP contribution in [0.2, 0.25) is 0 Å². The van der Waals surface area contributed by atoms with Gasteiger partial charge in [-0.1, -0.05) is 36.4 Å². The molecule has 2 atom stereocenters. The lowest BCUT2D eigenvalue weighted by molar-refractivity contribution is 0.0165. The summed E-state index contributed by atoms with van der Waals surface area (Å²) < 4.78 is 1.36. The van der Waals surface area contributed by atoms with E-state index in [0.29, 0.717) is 20.1 Å². The molecule has 0 amide bonds. The molecule has 2 aromatic carbocycles. The van der Waals surface area contributed by atoms with Crippen LogP contribution in [0.1, 0.15) is 23.3 Å². The van der Waals surface area contributed by atoms with Crippen molar-refractivity contribution in [3.63, 3.8) is 0 Å². The van der Waals surface area contributed by atoms with Gasteiger partial charge in [0.2, 0.25) is 0 Å². The summed E-state index contributed by atoms with van der Waals surface area (Å²) >= 11 is 7.05. The van der Waals surface area contributed by atoms with Crippen molar-refractivity contribution < 1.29 is 10.2 Å². The minimum absolute atomic E-state index is 0.580. The van der Waals surface area contributed by atoms with Crippen LogP contribution in [0.25, 0.3) is 21.8 Å². The summed E-state index contributed by atoms with van der Waals surface area (Å²) in [5.74, 6) is 0. The van der Waals surface area contributed by atoms with Gasteiger partial charge in [-0.3, -0.25) is 9.97 Å². The number of aliphatic hydroxyl groups is 2. The van der Waals surface area contributed by atoms with Crippen molar-refractivity contribution in [3.8, 4) is 0 Å². The first-order valence-electron chi connectivity index (χ1n) is 8.00. The van der Waals surface area contributed by atoms with Crippen LogP contribution in [0.15, 0.2) is 69.9 Å². The summed E-state index contributed by atoms with van der Waals surface area (Å²) in [4.78, 5) is 8.71. The molecule has 4 aromatic rings. The smallest absolute Gasteiger partial charge is 0.110 e. The second-order valence-electron chi connectivity index (χ2n) is 5.98. The highest BCUT2D eigenvalue weighted by Crippen LogP contribution is 2.39. The summed E-state index contributed by atoms with van der Waals surface area (Å²) in [7, 11) is 0. The van der Waals surface area contributed by atoms with Crippen molar-refractivity contribution in [2.24, 2.45) is 0 Å². The zero-order chi connectivity index (χ0) is 18.3. The quantitative estimate of drug-likeness (QED) is 0.435. The Morgan fingerprint density at radius 1 is 0.654 bits per heavy atom. The lowest BCUT2D eigenvalue weighted by Crippen LogP contribution is -2.12. The largest absolute Gasteiger partial charge is 0.385 e. The number of benzene rings is 2. The fraction of sp³-hybridized carbons (Fsp3) is 0.100. The van der Waals surface area contributed by atoms with Gasteiger partial charge in [0.15, 0.2) is 0 Å². The van der Waals surface area contributed by atoms with Crippen LogP contribution in [-0.2, 0) is 0 Å². The van der Waals surface area contributed by atoms with Crippen LogP contribution in [0, 0.1) is 0 Å². The Bertz CT molecular complexity index is 1030. The van der Waals surface area contributed by atoms with Crippen molar-refractivity contribution in [2.45, 2.75) is 12.2 Å². The average molecular weight is 474 g/mol. The van der Waals surface area contributed by atoms with Gasteiger partial charge >= 0.3 is 0 Å². The first kappa shape index (κ1) is 17.5. The third kappa shape index (κ3) is 2.93. The van der Waals surface area contributed by atoms with E-state index in [2.05, 4.69) is 41.8 Å². The van der Waals surface area contributed by atoms with Crippen LogP contribution in [0.4, 0.5) is 0 Å². The Morgan fingerprint density at radius 3 is 1.50 bits per heavy atom. The molecular weight excluding hydrogens is 460 g/mol. The number of hydrogen-bond donors (Lipinski definition) is 2. The molecule has 2 N–H and O–H groups in total. The molecule has 2 aromatic heterocycles. The molecule has 0 aliphatic rings. The van der Waals surface area contributed by atoms with Crippen molar-refractivity contribution in [1.82, 2.24) is 9.97 Å². The molecule has 0 unspecified atom stereocenters. The third-order valence-electron chi connectivity index (χ3n) is 4.42. The molecule has 4 nitrogen and oxygen atoms in total. The van der Waals surface area contributed by atoms with Gasteiger partial charge in [-0.2, -0.15) is 0 Å². The molecule has 0 aliphatic heterocycles. The Balaban J connectivity index is 1.78. The van der Waals surface area contributed by atoms with Gasteiger partial charge in [-0.15, -0.1) is 0 Å². The standard InChI is InChI=1S/C20H14Br2N2O2/c21-15-13(7-5-11-3-1-9-23-17(11)15)19(25)20(26)14-8-6-12-4-2-10-24-18(12)16(14)22/h1-10,19-20,25-26H/t19-,20-/m1/s1. The van der Waals surface area contributed by atoms with E-state index in [1.54, 1.807) is 24.5 Å². The van der Waals surface area contributed by atoms with E-state index >= 15 is 0 Å². The minimum atomic E-state index is -1.12. The number of pyridine rings is 2. The highest BCUT2D eigenvalue weighted by molar-refractivity contribution is 9.11. The van der Waals surface area contributed by atoms with E-state index < -0.39 is 12.2 Å². The molecule has 6 heteroatoms. The molecule has 130 valence electrons. The van der Waals surface area contributed by atoms with E-state index in [0.717, 1.165) is 21.8 Å². The van der Waals surface area contributed by atoms with E-state index in [-0.39, 0.29) is 0 Å². The molecule has 0 fully saturated rings. The molecule has 4 rings (SSSR count). The predicted molar refractivity (Wildman–Crippen MR) is 109 cm³/mol. The Kier molecular flexibility index (Phi) is 4.75.